The van der Waals surface area contributed by atoms with Crippen LogP contribution in [0.2, 0.25) is 0 Å². The lowest BCUT2D eigenvalue weighted by atomic mass is 10.1. The number of aliphatic hydroxyl groups is 1. The molecule has 7 heteroatoms. The minimum atomic E-state index is -1.33. The molecule has 0 aliphatic heterocycles. The van der Waals surface area contributed by atoms with Crippen LogP contribution in [-0.4, -0.2) is 22.2 Å². The molecule has 1 aromatic carbocycles. The summed E-state index contributed by atoms with van der Waals surface area (Å²) in [5.74, 6) is -2.52. The molecule has 0 amide bonds. The van der Waals surface area contributed by atoms with Crippen LogP contribution in [0.4, 0.5) is 20.2 Å². The van der Waals surface area contributed by atoms with E-state index in [2.05, 4.69) is 5.32 Å². The summed E-state index contributed by atoms with van der Waals surface area (Å²) >= 11 is 0. The van der Waals surface area contributed by atoms with E-state index in [-0.39, 0.29) is 6.61 Å². The lowest BCUT2D eigenvalue weighted by Crippen LogP contribution is -2.35. The summed E-state index contributed by atoms with van der Waals surface area (Å²) in [4.78, 5) is 9.85. The highest BCUT2D eigenvalue weighted by molar-refractivity contribution is 5.63. The highest BCUT2D eigenvalue weighted by Gasteiger charge is 2.26. The van der Waals surface area contributed by atoms with E-state index in [1.807, 2.05) is 0 Å². The van der Waals surface area contributed by atoms with Crippen molar-refractivity contribution in [2.24, 2.45) is 0 Å². The monoisotopic (exact) mass is 246 g/mol. The zero-order valence-electron chi connectivity index (χ0n) is 9.33. The van der Waals surface area contributed by atoms with E-state index >= 15 is 0 Å². The van der Waals surface area contributed by atoms with Crippen LogP contribution in [0, 0.1) is 21.7 Å². The van der Waals surface area contributed by atoms with E-state index in [1.54, 1.807) is 0 Å². The third-order valence-electron chi connectivity index (χ3n) is 2.13. The molecule has 1 rings (SSSR count). The minimum Gasteiger partial charge on any atom is -0.394 e. The summed E-state index contributed by atoms with van der Waals surface area (Å²) < 4.78 is 26.5. The van der Waals surface area contributed by atoms with Gasteiger partial charge in [-0.25, -0.2) is 8.78 Å². The Labute approximate surface area is 96.2 Å². The quantitative estimate of drug-likeness (QED) is 0.629. The van der Waals surface area contributed by atoms with Crippen molar-refractivity contribution in [1.29, 1.82) is 0 Å². The predicted octanol–water partition coefficient (Wildman–Crippen LogP) is 2.06. The minimum absolute atomic E-state index is 0.389. The molecule has 0 atom stereocenters. The molecule has 17 heavy (non-hydrogen) atoms. The molecule has 0 aromatic heterocycles. The average molecular weight is 246 g/mol. The van der Waals surface area contributed by atoms with Crippen molar-refractivity contribution >= 4 is 11.4 Å². The molecular weight excluding hydrogens is 234 g/mol. The Hall–Kier alpha value is -1.76. The van der Waals surface area contributed by atoms with E-state index in [4.69, 9.17) is 5.11 Å². The van der Waals surface area contributed by atoms with Gasteiger partial charge in [-0.1, -0.05) is 0 Å². The third kappa shape index (κ3) is 2.88. The fraction of sp³-hybridized carbons (Fsp3) is 0.400. The van der Waals surface area contributed by atoms with Gasteiger partial charge in [0.2, 0.25) is 0 Å². The Bertz CT molecular complexity index is 449. The lowest BCUT2D eigenvalue weighted by Gasteiger charge is -2.24. The number of nitro groups is 1. The first-order valence-electron chi connectivity index (χ1n) is 4.80. The van der Waals surface area contributed by atoms with Crippen molar-refractivity contribution in [2.45, 2.75) is 19.4 Å². The van der Waals surface area contributed by atoms with Gasteiger partial charge in [0.05, 0.1) is 17.1 Å². The van der Waals surface area contributed by atoms with Gasteiger partial charge in [0.1, 0.15) is 0 Å². The second-order valence-corrected chi connectivity index (χ2v) is 4.18. The maximum absolute atomic E-state index is 13.5. The summed E-state index contributed by atoms with van der Waals surface area (Å²) in [7, 11) is 0. The second-order valence-electron chi connectivity index (χ2n) is 4.18. The molecule has 5 nitrogen and oxygen atoms in total. The van der Waals surface area contributed by atoms with Gasteiger partial charge in [-0.15, -0.1) is 0 Å². The number of hydrogen-bond donors (Lipinski definition) is 2. The number of nitrogens with one attached hydrogen (secondary N) is 1. The van der Waals surface area contributed by atoms with Crippen molar-refractivity contribution in [3.8, 4) is 0 Å². The van der Waals surface area contributed by atoms with E-state index in [0.717, 1.165) is 6.07 Å². The molecule has 0 saturated heterocycles. The Balaban J connectivity index is 3.29. The molecule has 0 aliphatic rings. The Morgan fingerprint density at radius 1 is 1.47 bits per heavy atom. The zero-order chi connectivity index (χ0) is 13.2. The Morgan fingerprint density at radius 3 is 2.53 bits per heavy atom. The van der Waals surface area contributed by atoms with Crippen LogP contribution in [0.3, 0.4) is 0 Å². The number of nitrogens with zero attached hydrogens (tertiary/aromatic N) is 1. The summed E-state index contributed by atoms with van der Waals surface area (Å²) in [5.41, 5.74) is -2.14. The highest BCUT2D eigenvalue weighted by atomic mass is 19.2. The number of aliphatic hydroxyl groups excluding tert-OH is 1. The maximum Gasteiger partial charge on any atom is 0.295 e. The number of nitro benzene ring substituents is 1. The van der Waals surface area contributed by atoms with Gasteiger partial charge in [0.15, 0.2) is 17.3 Å². The third-order valence-corrected chi connectivity index (χ3v) is 2.13. The van der Waals surface area contributed by atoms with Gasteiger partial charge >= 0.3 is 0 Å². The molecular formula is C10H12F2N2O3. The van der Waals surface area contributed by atoms with E-state index < -0.39 is 33.5 Å². The van der Waals surface area contributed by atoms with Crippen molar-refractivity contribution in [3.05, 3.63) is 33.9 Å². The number of hydrogen-bond acceptors (Lipinski definition) is 4. The number of rotatable bonds is 4. The van der Waals surface area contributed by atoms with Crippen molar-refractivity contribution in [1.82, 2.24) is 0 Å². The normalized spacial score (nSPS) is 11.4. The van der Waals surface area contributed by atoms with Crippen molar-refractivity contribution in [3.63, 3.8) is 0 Å². The van der Waals surface area contributed by atoms with Gasteiger partial charge < -0.3 is 10.4 Å². The van der Waals surface area contributed by atoms with Gasteiger partial charge in [-0.05, 0) is 19.9 Å². The summed E-state index contributed by atoms with van der Waals surface area (Å²) in [6.07, 6.45) is 0. The fourth-order valence-electron chi connectivity index (χ4n) is 1.19. The molecule has 0 unspecified atom stereocenters. The number of anilines is 1. The van der Waals surface area contributed by atoms with Crippen LogP contribution >= 0.6 is 0 Å². The van der Waals surface area contributed by atoms with Crippen LogP contribution in [0.5, 0.6) is 0 Å². The summed E-state index contributed by atoms with van der Waals surface area (Å²) in [5, 5.41) is 22.1. The van der Waals surface area contributed by atoms with Crippen LogP contribution in [-0.2, 0) is 0 Å². The molecule has 0 radical (unpaired) electrons. The molecule has 94 valence electrons. The lowest BCUT2D eigenvalue weighted by molar-refractivity contribution is -0.384. The number of benzene rings is 1. The largest absolute Gasteiger partial charge is 0.394 e. The average Bonchev–Trinajstić information content (AvgIpc) is 2.24. The van der Waals surface area contributed by atoms with Gasteiger partial charge in [-0.2, -0.15) is 0 Å². The molecule has 2 N–H and O–H groups in total. The molecule has 0 saturated carbocycles. The fourth-order valence-corrected chi connectivity index (χ4v) is 1.19. The van der Waals surface area contributed by atoms with Crippen LogP contribution in [0.1, 0.15) is 13.8 Å². The molecule has 1 aromatic rings. The summed E-state index contributed by atoms with van der Waals surface area (Å²) in [6, 6.07) is 1.55. The Kier molecular flexibility index (Phi) is 3.62. The topological polar surface area (TPSA) is 75.4 Å². The Morgan fingerprint density at radius 2 is 2.06 bits per heavy atom. The first-order valence-corrected chi connectivity index (χ1v) is 4.80. The predicted molar refractivity (Wildman–Crippen MR) is 57.8 cm³/mol. The SMILES string of the molecule is CC(C)(CO)Nc1c([N+](=O)[O-])ccc(F)c1F. The van der Waals surface area contributed by atoms with Gasteiger partial charge in [-0.3, -0.25) is 10.1 Å². The summed E-state index contributed by atoms with van der Waals surface area (Å²) in [6.45, 7) is 2.61. The van der Waals surface area contributed by atoms with Crippen molar-refractivity contribution in [2.75, 3.05) is 11.9 Å². The highest BCUT2D eigenvalue weighted by Crippen LogP contribution is 2.31. The van der Waals surface area contributed by atoms with Gasteiger partial charge in [0, 0.05) is 6.07 Å². The first-order chi connectivity index (χ1) is 7.78. The van der Waals surface area contributed by atoms with E-state index in [1.165, 1.54) is 13.8 Å². The molecule has 0 bridgehead atoms. The van der Waals surface area contributed by atoms with Crippen LogP contribution in [0.15, 0.2) is 12.1 Å². The van der Waals surface area contributed by atoms with E-state index in [0.29, 0.717) is 6.07 Å². The first kappa shape index (κ1) is 13.3. The second kappa shape index (κ2) is 4.62. The van der Waals surface area contributed by atoms with E-state index in [9.17, 15) is 18.9 Å². The maximum atomic E-state index is 13.5. The van der Waals surface area contributed by atoms with Gasteiger partial charge in [0.25, 0.3) is 5.69 Å². The van der Waals surface area contributed by atoms with Crippen molar-refractivity contribution < 1.29 is 18.8 Å². The molecule has 0 heterocycles. The molecule has 0 fully saturated rings. The standard InChI is InChI=1S/C10H12F2N2O3/c1-10(2,5-15)13-9-7(14(16)17)4-3-6(11)8(9)12/h3-4,13,15H,5H2,1-2H3. The van der Waals surface area contributed by atoms with Crippen LogP contribution < -0.4 is 5.32 Å². The zero-order valence-corrected chi connectivity index (χ0v) is 9.33. The molecule has 0 aliphatic carbocycles. The number of halogens is 2. The smallest absolute Gasteiger partial charge is 0.295 e. The molecule has 0 spiro atoms. The van der Waals surface area contributed by atoms with Crippen LogP contribution in [0.25, 0.3) is 0 Å².